The summed E-state index contributed by atoms with van der Waals surface area (Å²) in [4.78, 5) is 39.5. The standard InChI is InChI=1S/C22H15BrN2O3/c23-14-2-1-3-15(10-14)24-18(26)11-25-21(27)16-8-6-12-4-5-13-7-9-17(22(25)28)20(16)19(12)13/h1-3,6-10H,4-5,11H2,(H,24,26). The van der Waals surface area contributed by atoms with E-state index in [-0.39, 0.29) is 6.54 Å². The summed E-state index contributed by atoms with van der Waals surface area (Å²) in [6, 6.07) is 14.6. The van der Waals surface area contributed by atoms with E-state index in [0.29, 0.717) is 16.8 Å². The third-order valence-electron chi connectivity index (χ3n) is 5.36. The second-order valence-electron chi connectivity index (χ2n) is 7.05. The summed E-state index contributed by atoms with van der Waals surface area (Å²) in [7, 11) is 0. The van der Waals surface area contributed by atoms with Gasteiger partial charge in [-0.05, 0) is 59.7 Å². The van der Waals surface area contributed by atoms with Crippen molar-refractivity contribution in [2.45, 2.75) is 12.8 Å². The fourth-order valence-corrected chi connectivity index (χ4v) is 4.52. The van der Waals surface area contributed by atoms with E-state index in [2.05, 4.69) is 21.2 Å². The molecule has 28 heavy (non-hydrogen) atoms. The third kappa shape index (κ3) is 2.56. The van der Waals surface area contributed by atoms with Gasteiger partial charge in [0.2, 0.25) is 5.91 Å². The van der Waals surface area contributed by atoms with Crippen molar-refractivity contribution in [1.29, 1.82) is 0 Å². The lowest BCUT2D eigenvalue weighted by Crippen LogP contribution is -2.44. The van der Waals surface area contributed by atoms with Crippen molar-refractivity contribution in [3.63, 3.8) is 0 Å². The first kappa shape index (κ1) is 17.1. The van der Waals surface area contributed by atoms with Crippen LogP contribution in [0.4, 0.5) is 5.69 Å². The van der Waals surface area contributed by atoms with E-state index in [1.54, 1.807) is 30.3 Å². The van der Waals surface area contributed by atoms with Crippen LogP contribution in [0.15, 0.2) is 53.0 Å². The van der Waals surface area contributed by atoms with Crippen LogP contribution in [-0.4, -0.2) is 29.2 Å². The largest absolute Gasteiger partial charge is 0.324 e. The molecule has 0 spiro atoms. The fourth-order valence-electron chi connectivity index (χ4n) is 4.12. The molecule has 0 aromatic heterocycles. The van der Waals surface area contributed by atoms with Crippen LogP contribution in [-0.2, 0) is 17.6 Å². The molecule has 0 radical (unpaired) electrons. The highest BCUT2D eigenvalue weighted by atomic mass is 79.9. The first-order valence-corrected chi connectivity index (χ1v) is 9.81. The number of hydrogen-bond donors (Lipinski definition) is 1. The van der Waals surface area contributed by atoms with Crippen LogP contribution < -0.4 is 5.32 Å². The SMILES string of the molecule is O=C(CN1C(=O)c2ccc3c4c(ccc(c24)C1=O)CC3)Nc1cccc(Br)c1. The number of carbonyl (C=O) groups excluding carboxylic acids is 3. The zero-order chi connectivity index (χ0) is 19.4. The second-order valence-corrected chi connectivity index (χ2v) is 7.97. The molecule has 2 aliphatic rings. The number of aryl methyl sites for hydroxylation is 2. The summed E-state index contributed by atoms with van der Waals surface area (Å²) >= 11 is 3.35. The molecule has 6 heteroatoms. The number of benzene rings is 3. The number of nitrogens with one attached hydrogen (secondary N) is 1. The van der Waals surface area contributed by atoms with Crippen molar-refractivity contribution in [2.75, 3.05) is 11.9 Å². The molecule has 0 atom stereocenters. The summed E-state index contributed by atoms with van der Waals surface area (Å²) in [5, 5.41) is 4.51. The molecule has 5 rings (SSSR count). The zero-order valence-electron chi connectivity index (χ0n) is 14.8. The van der Waals surface area contributed by atoms with Gasteiger partial charge in [0.05, 0.1) is 0 Å². The zero-order valence-corrected chi connectivity index (χ0v) is 16.4. The van der Waals surface area contributed by atoms with Gasteiger partial charge in [0.15, 0.2) is 0 Å². The number of rotatable bonds is 3. The van der Waals surface area contributed by atoms with Crippen molar-refractivity contribution in [2.24, 2.45) is 0 Å². The van der Waals surface area contributed by atoms with Crippen LogP contribution in [0.3, 0.4) is 0 Å². The predicted octanol–water partition coefficient (Wildman–Crippen LogP) is 3.94. The Morgan fingerprint density at radius 3 is 2.18 bits per heavy atom. The summed E-state index contributed by atoms with van der Waals surface area (Å²) in [5.41, 5.74) is 3.94. The van der Waals surface area contributed by atoms with E-state index in [4.69, 9.17) is 0 Å². The normalized spacial score (nSPS) is 14.7. The monoisotopic (exact) mass is 434 g/mol. The Labute approximate surface area is 169 Å². The van der Waals surface area contributed by atoms with E-state index < -0.39 is 17.7 Å². The van der Waals surface area contributed by atoms with E-state index in [1.165, 1.54) is 11.1 Å². The van der Waals surface area contributed by atoms with Gasteiger partial charge in [0, 0.05) is 26.7 Å². The average molecular weight is 435 g/mol. The summed E-state index contributed by atoms with van der Waals surface area (Å²) < 4.78 is 0.827. The van der Waals surface area contributed by atoms with Crippen molar-refractivity contribution < 1.29 is 14.4 Å². The van der Waals surface area contributed by atoms with Gasteiger partial charge in [-0.2, -0.15) is 0 Å². The molecule has 0 bridgehead atoms. The Balaban J connectivity index is 1.48. The van der Waals surface area contributed by atoms with Crippen molar-refractivity contribution in [1.82, 2.24) is 4.90 Å². The highest BCUT2D eigenvalue weighted by molar-refractivity contribution is 9.10. The van der Waals surface area contributed by atoms with Crippen LogP contribution >= 0.6 is 15.9 Å². The molecule has 1 aliphatic heterocycles. The van der Waals surface area contributed by atoms with Crippen LogP contribution in [0, 0.1) is 0 Å². The molecule has 3 amide bonds. The molecule has 0 saturated heterocycles. The highest BCUT2D eigenvalue weighted by Gasteiger charge is 2.35. The molecule has 1 heterocycles. The lowest BCUT2D eigenvalue weighted by Gasteiger charge is -2.27. The average Bonchev–Trinajstić information content (AvgIpc) is 3.10. The quantitative estimate of drug-likeness (QED) is 0.634. The molecule has 0 fully saturated rings. The Bertz CT molecular complexity index is 1140. The van der Waals surface area contributed by atoms with E-state index in [1.807, 2.05) is 18.2 Å². The minimum absolute atomic E-state index is 0.325. The van der Waals surface area contributed by atoms with Crippen molar-refractivity contribution in [3.05, 3.63) is 75.3 Å². The van der Waals surface area contributed by atoms with Gasteiger partial charge in [-0.15, -0.1) is 0 Å². The van der Waals surface area contributed by atoms with Gasteiger partial charge in [-0.3, -0.25) is 19.3 Å². The molecule has 3 aromatic carbocycles. The van der Waals surface area contributed by atoms with Crippen LogP contribution in [0.25, 0.3) is 10.8 Å². The molecule has 0 saturated carbocycles. The topological polar surface area (TPSA) is 66.5 Å². The molecule has 138 valence electrons. The number of amides is 3. The predicted molar refractivity (Wildman–Crippen MR) is 109 cm³/mol. The molecule has 1 aliphatic carbocycles. The first-order valence-electron chi connectivity index (χ1n) is 9.02. The number of hydrogen-bond acceptors (Lipinski definition) is 3. The number of imide groups is 1. The van der Waals surface area contributed by atoms with Gasteiger partial charge >= 0.3 is 0 Å². The maximum atomic E-state index is 13.0. The van der Waals surface area contributed by atoms with Gasteiger partial charge < -0.3 is 5.32 Å². The molecule has 0 unspecified atom stereocenters. The van der Waals surface area contributed by atoms with Crippen LogP contribution in [0.2, 0.25) is 0 Å². The van der Waals surface area contributed by atoms with Gasteiger partial charge in [-0.25, -0.2) is 0 Å². The summed E-state index contributed by atoms with van der Waals surface area (Å²) in [6.45, 7) is -0.325. The molecule has 3 aromatic rings. The van der Waals surface area contributed by atoms with E-state index >= 15 is 0 Å². The first-order chi connectivity index (χ1) is 13.5. The summed E-state index contributed by atoms with van der Waals surface area (Å²) in [5.74, 6) is -1.26. The Hall–Kier alpha value is -2.99. The smallest absolute Gasteiger partial charge is 0.261 e. The van der Waals surface area contributed by atoms with Crippen molar-refractivity contribution >= 4 is 50.1 Å². The number of halogens is 1. The summed E-state index contributed by atoms with van der Waals surface area (Å²) in [6.07, 6.45) is 1.85. The van der Waals surface area contributed by atoms with E-state index in [0.717, 1.165) is 33.0 Å². The van der Waals surface area contributed by atoms with Crippen LogP contribution in [0.5, 0.6) is 0 Å². The third-order valence-corrected chi connectivity index (χ3v) is 5.85. The minimum Gasteiger partial charge on any atom is -0.324 e. The molecular weight excluding hydrogens is 420 g/mol. The fraction of sp³-hybridized carbons (Fsp3) is 0.136. The maximum absolute atomic E-state index is 13.0. The van der Waals surface area contributed by atoms with Gasteiger partial charge in [0.25, 0.3) is 11.8 Å². The highest BCUT2D eigenvalue weighted by Crippen LogP contribution is 2.38. The second kappa shape index (κ2) is 6.27. The minimum atomic E-state index is -0.419. The van der Waals surface area contributed by atoms with Crippen molar-refractivity contribution in [3.8, 4) is 0 Å². The number of carbonyl (C=O) groups is 3. The number of anilines is 1. The lowest BCUT2D eigenvalue weighted by atomic mass is 9.91. The molecule has 1 N–H and O–H groups in total. The lowest BCUT2D eigenvalue weighted by molar-refractivity contribution is -0.116. The Morgan fingerprint density at radius 2 is 1.57 bits per heavy atom. The molecular formula is C22H15BrN2O3. The van der Waals surface area contributed by atoms with Gasteiger partial charge in [-0.1, -0.05) is 34.1 Å². The molecule has 5 nitrogen and oxygen atoms in total. The van der Waals surface area contributed by atoms with Gasteiger partial charge in [0.1, 0.15) is 6.54 Å². The number of nitrogens with zero attached hydrogens (tertiary/aromatic N) is 1. The van der Waals surface area contributed by atoms with Crippen LogP contribution in [0.1, 0.15) is 31.8 Å². The Kier molecular flexibility index (Phi) is 3.84. The maximum Gasteiger partial charge on any atom is 0.261 e. The van der Waals surface area contributed by atoms with E-state index in [9.17, 15) is 14.4 Å². The Morgan fingerprint density at radius 1 is 0.929 bits per heavy atom.